The molecule has 5 rings (SSSR count). The van der Waals surface area contributed by atoms with Crippen LogP contribution in [0.5, 0.6) is 0 Å². The van der Waals surface area contributed by atoms with E-state index in [4.69, 9.17) is 11.6 Å². The zero-order valence-corrected chi connectivity index (χ0v) is 20.0. The Morgan fingerprint density at radius 3 is 2.71 bits per heavy atom. The van der Waals surface area contributed by atoms with E-state index in [1.165, 1.54) is 6.07 Å². The van der Waals surface area contributed by atoms with Crippen LogP contribution >= 0.6 is 11.6 Å². The summed E-state index contributed by atoms with van der Waals surface area (Å²) in [4.78, 5) is 23.2. The van der Waals surface area contributed by atoms with Gasteiger partial charge in [-0.25, -0.2) is 9.37 Å². The van der Waals surface area contributed by atoms with E-state index in [0.29, 0.717) is 28.7 Å². The van der Waals surface area contributed by atoms with Gasteiger partial charge in [-0.15, -0.1) is 0 Å². The number of H-pyrrole nitrogens is 1. The molecular formula is C26H27ClFN5O. The Balaban J connectivity index is 1.59. The Kier molecular flexibility index (Phi) is 6.15. The molecule has 3 heterocycles. The van der Waals surface area contributed by atoms with Crippen molar-refractivity contribution in [2.75, 3.05) is 30.3 Å². The van der Waals surface area contributed by atoms with Gasteiger partial charge in [0, 0.05) is 64.1 Å². The zero-order chi connectivity index (χ0) is 23.8. The molecule has 1 saturated heterocycles. The number of aryl methyl sites for hydroxylation is 1. The third-order valence-electron chi connectivity index (χ3n) is 6.56. The fourth-order valence-electron chi connectivity index (χ4n) is 4.75. The average Bonchev–Trinajstić information content (AvgIpc) is 3.39. The molecule has 0 radical (unpaired) electrons. The number of piperidine rings is 1. The molecule has 8 heteroatoms. The van der Waals surface area contributed by atoms with Crippen molar-refractivity contribution in [1.29, 1.82) is 0 Å². The predicted molar refractivity (Wildman–Crippen MR) is 134 cm³/mol. The van der Waals surface area contributed by atoms with Crippen LogP contribution in [0.25, 0.3) is 11.1 Å². The van der Waals surface area contributed by atoms with E-state index in [1.54, 1.807) is 18.3 Å². The first-order chi connectivity index (χ1) is 16.4. The highest BCUT2D eigenvalue weighted by Gasteiger charge is 2.31. The first-order valence-corrected chi connectivity index (χ1v) is 12.0. The number of fused-ring (bicyclic) bond motifs is 1. The summed E-state index contributed by atoms with van der Waals surface area (Å²) >= 11 is 6.00. The van der Waals surface area contributed by atoms with Crippen molar-refractivity contribution in [3.8, 4) is 0 Å². The highest BCUT2D eigenvalue weighted by Crippen LogP contribution is 2.41. The summed E-state index contributed by atoms with van der Waals surface area (Å²) in [5, 5.41) is 6.85. The smallest absolute Gasteiger partial charge is 0.257 e. The van der Waals surface area contributed by atoms with Crippen LogP contribution < -0.4 is 10.6 Å². The van der Waals surface area contributed by atoms with Gasteiger partial charge in [0.05, 0.1) is 5.57 Å². The first-order valence-electron chi connectivity index (χ1n) is 11.6. The number of amides is 1. The highest BCUT2D eigenvalue weighted by atomic mass is 35.5. The number of imidazole rings is 1. The number of hydrogen-bond acceptors (Lipinski definition) is 4. The van der Waals surface area contributed by atoms with Gasteiger partial charge in [0.1, 0.15) is 11.6 Å². The van der Waals surface area contributed by atoms with Crippen molar-refractivity contribution in [3.63, 3.8) is 0 Å². The lowest BCUT2D eigenvalue weighted by Crippen LogP contribution is -2.38. The molecule has 0 unspecified atom stereocenters. The van der Waals surface area contributed by atoms with E-state index in [2.05, 4.69) is 32.4 Å². The van der Waals surface area contributed by atoms with E-state index in [-0.39, 0.29) is 16.5 Å². The largest absolute Gasteiger partial charge is 0.382 e. The summed E-state index contributed by atoms with van der Waals surface area (Å²) in [6.07, 6.45) is 3.80. The first kappa shape index (κ1) is 22.6. The summed E-state index contributed by atoms with van der Waals surface area (Å²) in [7, 11) is 0. The third kappa shape index (κ3) is 4.33. The summed E-state index contributed by atoms with van der Waals surface area (Å²) in [5.41, 5.74) is 4.23. The molecule has 0 aliphatic carbocycles. The van der Waals surface area contributed by atoms with Crippen LogP contribution in [-0.2, 0) is 4.79 Å². The van der Waals surface area contributed by atoms with Crippen molar-refractivity contribution >= 4 is 40.0 Å². The van der Waals surface area contributed by atoms with Gasteiger partial charge in [-0.2, -0.15) is 0 Å². The van der Waals surface area contributed by atoms with Crippen LogP contribution in [0.3, 0.4) is 0 Å². The second kappa shape index (κ2) is 9.24. The standard InChI is InChI=1S/C26H27ClFN5O/c1-3-33-10-8-17(9-11-33)31-18-5-7-22-20(13-18)24(26(34)32-22)23(25-29-14-15(2)30-25)19-6-4-16(27)12-21(19)28/h4-7,12-14,17,31H,3,8-11H2,1-2H3,(H,29,30)(H,32,34)/b24-23-. The molecule has 2 aliphatic rings. The van der Waals surface area contributed by atoms with Crippen LogP contribution in [0.2, 0.25) is 5.02 Å². The Morgan fingerprint density at radius 2 is 2.03 bits per heavy atom. The van der Waals surface area contributed by atoms with Gasteiger partial charge in [-0.05, 0) is 62.7 Å². The molecule has 0 atom stereocenters. The Bertz CT molecular complexity index is 1280. The lowest BCUT2D eigenvalue weighted by molar-refractivity contribution is -0.110. The van der Waals surface area contributed by atoms with Crippen LogP contribution in [0.1, 0.15) is 42.4 Å². The second-order valence-corrected chi connectivity index (χ2v) is 9.29. The van der Waals surface area contributed by atoms with Gasteiger partial charge < -0.3 is 20.5 Å². The number of carbonyl (C=O) groups excluding carboxylic acids is 1. The number of aromatic amines is 1. The molecule has 176 valence electrons. The number of hydrogen-bond donors (Lipinski definition) is 3. The molecule has 2 aliphatic heterocycles. The lowest BCUT2D eigenvalue weighted by Gasteiger charge is -2.32. The number of halogens is 2. The number of benzene rings is 2. The maximum absolute atomic E-state index is 15.1. The maximum atomic E-state index is 15.1. The van der Waals surface area contributed by atoms with Gasteiger partial charge in [-0.3, -0.25) is 4.79 Å². The molecule has 34 heavy (non-hydrogen) atoms. The minimum absolute atomic E-state index is 0.266. The minimum atomic E-state index is -0.512. The topological polar surface area (TPSA) is 73.0 Å². The van der Waals surface area contributed by atoms with E-state index in [0.717, 1.165) is 49.4 Å². The molecule has 0 bridgehead atoms. The Hall–Kier alpha value is -3.16. The molecule has 0 saturated carbocycles. The minimum Gasteiger partial charge on any atom is -0.382 e. The molecule has 2 aromatic carbocycles. The van der Waals surface area contributed by atoms with Crippen molar-refractivity contribution in [2.45, 2.75) is 32.7 Å². The predicted octanol–water partition coefficient (Wildman–Crippen LogP) is 5.32. The van der Waals surface area contributed by atoms with Crippen molar-refractivity contribution in [1.82, 2.24) is 14.9 Å². The molecule has 1 fully saturated rings. The fourth-order valence-corrected chi connectivity index (χ4v) is 4.91. The van der Waals surface area contributed by atoms with Crippen LogP contribution in [-0.4, -0.2) is 46.5 Å². The van der Waals surface area contributed by atoms with Gasteiger partial charge >= 0.3 is 0 Å². The monoisotopic (exact) mass is 479 g/mol. The second-order valence-electron chi connectivity index (χ2n) is 8.86. The number of carbonyl (C=O) groups is 1. The van der Waals surface area contributed by atoms with E-state index < -0.39 is 5.82 Å². The Labute approximate surface area is 203 Å². The number of nitrogens with one attached hydrogen (secondary N) is 3. The van der Waals surface area contributed by atoms with Crippen molar-refractivity contribution < 1.29 is 9.18 Å². The summed E-state index contributed by atoms with van der Waals surface area (Å²) in [6, 6.07) is 10.7. The van der Waals surface area contributed by atoms with Gasteiger partial charge in [0.2, 0.25) is 0 Å². The van der Waals surface area contributed by atoms with Crippen molar-refractivity contribution in [2.24, 2.45) is 0 Å². The Morgan fingerprint density at radius 1 is 1.24 bits per heavy atom. The summed E-state index contributed by atoms with van der Waals surface area (Å²) in [6.45, 7) is 7.27. The van der Waals surface area contributed by atoms with Crippen LogP contribution in [0.4, 0.5) is 15.8 Å². The molecule has 0 spiro atoms. The summed E-state index contributed by atoms with van der Waals surface area (Å²) in [5.74, 6) is -0.369. The quantitative estimate of drug-likeness (QED) is 0.433. The van der Waals surface area contributed by atoms with Gasteiger partial charge in [-0.1, -0.05) is 18.5 Å². The number of aromatic nitrogens is 2. The molecular weight excluding hydrogens is 453 g/mol. The van der Waals surface area contributed by atoms with Crippen LogP contribution in [0, 0.1) is 12.7 Å². The van der Waals surface area contributed by atoms with Crippen molar-refractivity contribution in [3.05, 3.63) is 76.1 Å². The normalized spacial score (nSPS) is 18.1. The van der Waals surface area contributed by atoms with Crippen LogP contribution in [0.15, 0.2) is 42.6 Å². The number of likely N-dealkylation sites (tertiary alicyclic amines) is 1. The van der Waals surface area contributed by atoms with E-state index in [9.17, 15) is 4.79 Å². The van der Waals surface area contributed by atoms with Gasteiger partial charge in [0.15, 0.2) is 0 Å². The molecule has 6 nitrogen and oxygen atoms in total. The fraction of sp³-hybridized carbons (Fsp3) is 0.308. The molecule has 3 aromatic rings. The number of rotatable bonds is 5. The maximum Gasteiger partial charge on any atom is 0.257 e. The lowest BCUT2D eigenvalue weighted by atomic mass is 9.94. The number of nitrogens with zero attached hydrogens (tertiary/aromatic N) is 2. The SMILES string of the molecule is CCN1CCC(Nc2ccc3c(c2)/C(=C(/c2ncc(C)[nH]2)c2ccc(Cl)cc2F)C(=O)N3)CC1. The average molecular weight is 480 g/mol. The molecule has 1 aromatic heterocycles. The van der Waals surface area contributed by atoms with E-state index in [1.807, 2.05) is 25.1 Å². The zero-order valence-electron chi connectivity index (χ0n) is 19.2. The third-order valence-corrected chi connectivity index (χ3v) is 6.79. The highest BCUT2D eigenvalue weighted by molar-refractivity contribution is 6.38. The van der Waals surface area contributed by atoms with E-state index >= 15 is 4.39 Å². The molecule has 1 amide bonds. The molecule has 3 N–H and O–H groups in total. The summed E-state index contributed by atoms with van der Waals surface area (Å²) < 4.78 is 15.1. The van der Waals surface area contributed by atoms with Gasteiger partial charge in [0.25, 0.3) is 5.91 Å². The number of anilines is 2.